The van der Waals surface area contributed by atoms with Gasteiger partial charge in [0.2, 0.25) is 5.91 Å². The summed E-state index contributed by atoms with van der Waals surface area (Å²) < 4.78 is 1.66. The standard InChI is InChI=1S/C13H15N3OS/c1-10-3-5-11(6-4-10)18-9-13(17)14-12-7-8-16(2)15-12/h3-8H,9H2,1-2H3,(H,14,15,17). The Bertz CT molecular complexity index is 533. The van der Waals surface area contributed by atoms with E-state index in [-0.39, 0.29) is 5.91 Å². The first kappa shape index (κ1) is 12.7. The van der Waals surface area contributed by atoms with Crippen molar-refractivity contribution in [1.29, 1.82) is 0 Å². The molecule has 1 aromatic heterocycles. The summed E-state index contributed by atoms with van der Waals surface area (Å²) in [5.41, 5.74) is 1.22. The van der Waals surface area contributed by atoms with Crippen molar-refractivity contribution in [1.82, 2.24) is 9.78 Å². The molecule has 0 radical (unpaired) electrons. The van der Waals surface area contributed by atoms with Crippen molar-refractivity contribution in [2.45, 2.75) is 11.8 Å². The molecular weight excluding hydrogens is 246 g/mol. The van der Waals surface area contributed by atoms with Crippen molar-refractivity contribution in [3.63, 3.8) is 0 Å². The molecule has 0 aliphatic heterocycles. The predicted octanol–water partition coefficient (Wildman–Crippen LogP) is 2.46. The predicted molar refractivity (Wildman–Crippen MR) is 73.7 cm³/mol. The monoisotopic (exact) mass is 261 g/mol. The zero-order chi connectivity index (χ0) is 13.0. The highest BCUT2D eigenvalue weighted by Crippen LogP contribution is 2.18. The number of anilines is 1. The number of aromatic nitrogens is 2. The van der Waals surface area contributed by atoms with E-state index in [1.807, 2.05) is 38.2 Å². The number of carbonyl (C=O) groups is 1. The molecule has 2 rings (SSSR count). The second-order valence-corrected chi connectivity index (χ2v) is 5.07. The maximum absolute atomic E-state index is 11.7. The molecule has 1 N–H and O–H groups in total. The van der Waals surface area contributed by atoms with Gasteiger partial charge in [-0.2, -0.15) is 5.10 Å². The molecule has 1 amide bonds. The van der Waals surface area contributed by atoms with Gasteiger partial charge in [0.15, 0.2) is 5.82 Å². The van der Waals surface area contributed by atoms with Gasteiger partial charge in [0.1, 0.15) is 0 Å². The van der Waals surface area contributed by atoms with Gasteiger partial charge in [0.05, 0.1) is 5.75 Å². The summed E-state index contributed by atoms with van der Waals surface area (Å²) in [6.07, 6.45) is 1.79. The van der Waals surface area contributed by atoms with Crippen LogP contribution in [0.5, 0.6) is 0 Å². The zero-order valence-electron chi connectivity index (χ0n) is 10.4. The smallest absolute Gasteiger partial charge is 0.235 e. The Kier molecular flexibility index (Phi) is 4.04. The fourth-order valence-corrected chi connectivity index (χ4v) is 2.14. The van der Waals surface area contributed by atoms with E-state index < -0.39 is 0 Å². The quantitative estimate of drug-likeness (QED) is 0.860. The fraction of sp³-hybridized carbons (Fsp3) is 0.231. The van der Waals surface area contributed by atoms with Gasteiger partial charge in [0.25, 0.3) is 0 Å². The highest BCUT2D eigenvalue weighted by molar-refractivity contribution is 8.00. The van der Waals surface area contributed by atoms with Gasteiger partial charge in [0, 0.05) is 24.2 Å². The summed E-state index contributed by atoms with van der Waals surface area (Å²) in [4.78, 5) is 12.8. The summed E-state index contributed by atoms with van der Waals surface area (Å²) in [5, 5.41) is 6.85. The molecule has 1 heterocycles. The lowest BCUT2D eigenvalue weighted by atomic mass is 10.2. The highest BCUT2D eigenvalue weighted by Gasteiger charge is 2.05. The van der Waals surface area contributed by atoms with Gasteiger partial charge in [-0.05, 0) is 19.1 Å². The second kappa shape index (κ2) is 5.73. The number of amides is 1. The molecule has 2 aromatic rings. The zero-order valence-corrected chi connectivity index (χ0v) is 11.2. The molecule has 5 heteroatoms. The van der Waals surface area contributed by atoms with Crippen molar-refractivity contribution in [3.8, 4) is 0 Å². The maximum atomic E-state index is 11.7. The van der Waals surface area contributed by atoms with Crippen molar-refractivity contribution < 1.29 is 4.79 Å². The van der Waals surface area contributed by atoms with Crippen LogP contribution in [0.15, 0.2) is 41.4 Å². The van der Waals surface area contributed by atoms with E-state index in [4.69, 9.17) is 0 Å². The third-order valence-corrected chi connectivity index (χ3v) is 3.38. The topological polar surface area (TPSA) is 46.9 Å². The molecule has 0 spiro atoms. The molecule has 18 heavy (non-hydrogen) atoms. The average Bonchev–Trinajstić information content (AvgIpc) is 2.74. The van der Waals surface area contributed by atoms with Crippen LogP contribution in [0.25, 0.3) is 0 Å². The van der Waals surface area contributed by atoms with Crippen LogP contribution in [0, 0.1) is 6.92 Å². The number of carbonyl (C=O) groups excluding carboxylic acids is 1. The normalized spacial score (nSPS) is 10.3. The third kappa shape index (κ3) is 3.63. The van der Waals surface area contributed by atoms with E-state index in [0.717, 1.165) is 4.90 Å². The molecule has 0 atom stereocenters. The number of hydrogen-bond donors (Lipinski definition) is 1. The van der Waals surface area contributed by atoms with Crippen molar-refractivity contribution in [2.24, 2.45) is 7.05 Å². The minimum atomic E-state index is -0.0423. The average molecular weight is 261 g/mol. The number of thioether (sulfide) groups is 1. The largest absolute Gasteiger partial charge is 0.308 e. The van der Waals surface area contributed by atoms with Crippen molar-refractivity contribution >= 4 is 23.5 Å². The molecule has 0 aliphatic carbocycles. The Morgan fingerprint density at radius 1 is 1.33 bits per heavy atom. The lowest BCUT2D eigenvalue weighted by molar-refractivity contribution is -0.113. The van der Waals surface area contributed by atoms with Crippen LogP contribution >= 0.6 is 11.8 Å². The SMILES string of the molecule is Cc1ccc(SCC(=O)Nc2ccn(C)n2)cc1. The molecule has 94 valence electrons. The molecule has 0 aliphatic rings. The summed E-state index contributed by atoms with van der Waals surface area (Å²) >= 11 is 1.52. The molecule has 0 bridgehead atoms. The molecule has 0 saturated heterocycles. The van der Waals surface area contributed by atoms with Crippen LogP contribution in [0.2, 0.25) is 0 Å². The van der Waals surface area contributed by atoms with Crippen LogP contribution in [0.1, 0.15) is 5.56 Å². The van der Waals surface area contributed by atoms with E-state index >= 15 is 0 Å². The highest BCUT2D eigenvalue weighted by atomic mass is 32.2. The minimum Gasteiger partial charge on any atom is -0.308 e. The Hall–Kier alpha value is -1.75. The summed E-state index contributed by atoms with van der Waals surface area (Å²) in [7, 11) is 1.82. The summed E-state index contributed by atoms with van der Waals surface area (Å²) in [5.74, 6) is 0.936. The van der Waals surface area contributed by atoms with E-state index in [1.165, 1.54) is 17.3 Å². The fourth-order valence-electron chi connectivity index (χ4n) is 1.44. The van der Waals surface area contributed by atoms with E-state index in [2.05, 4.69) is 10.4 Å². The Balaban J connectivity index is 1.83. The molecule has 0 saturated carbocycles. The number of aryl methyl sites for hydroxylation is 2. The Morgan fingerprint density at radius 2 is 2.06 bits per heavy atom. The van der Waals surface area contributed by atoms with Crippen LogP contribution in [0.3, 0.4) is 0 Å². The minimum absolute atomic E-state index is 0.0423. The number of nitrogens with zero attached hydrogens (tertiary/aromatic N) is 2. The van der Waals surface area contributed by atoms with E-state index in [0.29, 0.717) is 11.6 Å². The first-order chi connectivity index (χ1) is 8.63. The van der Waals surface area contributed by atoms with Gasteiger partial charge in [-0.3, -0.25) is 9.48 Å². The Morgan fingerprint density at radius 3 is 2.67 bits per heavy atom. The number of hydrogen-bond acceptors (Lipinski definition) is 3. The van der Waals surface area contributed by atoms with E-state index in [9.17, 15) is 4.79 Å². The van der Waals surface area contributed by atoms with Gasteiger partial charge >= 0.3 is 0 Å². The van der Waals surface area contributed by atoms with Crippen LogP contribution < -0.4 is 5.32 Å². The van der Waals surface area contributed by atoms with Crippen LogP contribution in [-0.4, -0.2) is 21.4 Å². The van der Waals surface area contributed by atoms with Gasteiger partial charge in [-0.15, -0.1) is 11.8 Å². The van der Waals surface area contributed by atoms with Gasteiger partial charge in [-0.25, -0.2) is 0 Å². The molecular formula is C13H15N3OS. The summed E-state index contributed by atoms with van der Waals surface area (Å²) in [6.45, 7) is 2.04. The first-order valence-corrected chi connectivity index (χ1v) is 6.61. The number of benzene rings is 1. The second-order valence-electron chi connectivity index (χ2n) is 4.02. The Labute approximate surface area is 110 Å². The molecule has 1 aromatic carbocycles. The molecule has 0 unspecified atom stereocenters. The first-order valence-electron chi connectivity index (χ1n) is 5.62. The summed E-state index contributed by atoms with van der Waals surface area (Å²) in [6, 6.07) is 9.90. The lowest BCUT2D eigenvalue weighted by Crippen LogP contribution is -2.14. The number of rotatable bonds is 4. The maximum Gasteiger partial charge on any atom is 0.235 e. The van der Waals surface area contributed by atoms with Crippen molar-refractivity contribution in [2.75, 3.05) is 11.1 Å². The number of nitrogens with one attached hydrogen (secondary N) is 1. The lowest BCUT2D eigenvalue weighted by Gasteiger charge is -2.02. The third-order valence-electron chi connectivity index (χ3n) is 2.37. The molecule has 4 nitrogen and oxygen atoms in total. The van der Waals surface area contributed by atoms with Crippen molar-refractivity contribution in [3.05, 3.63) is 42.1 Å². The van der Waals surface area contributed by atoms with Crippen LogP contribution in [0.4, 0.5) is 5.82 Å². The van der Waals surface area contributed by atoms with E-state index in [1.54, 1.807) is 16.9 Å². The van der Waals surface area contributed by atoms with Gasteiger partial charge < -0.3 is 5.32 Å². The molecule has 0 fully saturated rings. The van der Waals surface area contributed by atoms with Gasteiger partial charge in [-0.1, -0.05) is 17.7 Å². The van der Waals surface area contributed by atoms with Crippen LogP contribution in [-0.2, 0) is 11.8 Å².